The maximum Gasteiger partial charge on any atom is 0.129 e. The number of rotatable bonds is 6. The zero-order valence-corrected chi connectivity index (χ0v) is 14.6. The molecule has 0 aliphatic heterocycles. The highest BCUT2D eigenvalue weighted by molar-refractivity contribution is 9.10. The molecule has 0 saturated heterocycles. The van der Waals surface area contributed by atoms with E-state index in [4.69, 9.17) is 4.74 Å². The van der Waals surface area contributed by atoms with Crippen molar-refractivity contribution in [3.63, 3.8) is 0 Å². The fraction of sp³-hybridized carbons (Fsp3) is 0.100. The smallest absolute Gasteiger partial charge is 0.129 e. The molecular weight excluding hydrogens is 369 g/mol. The topological polar surface area (TPSA) is 21.3 Å². The second-order valence-electron chi connectivity index (χ2n) is 5.35. The minimum atomic E-state index is -0.251. The van der Waals surface area contributed by atoms with Gasteiger partial charge in [0.25, 0.3) is 0 Å². The van der Waals surface area contributed by atoms with Gasteiger partial charge in [0, 0.05) is 27.8 Å². The number of benzene rings is 3. The molecule has 3 aromatic rings. The van der Waals surface area contributed by atoms with E-state index < -0.39 is 0 Å². The first-order chi connectivity index (χ1) is 11.7. The lowest BCUT2D eigenvalue weighted by Crippen LogP contribution is -2.04. The summed E-state index contributed by atoms with van der Waals surface area (Å²) in [4.78, 5) is 0. The number of hydrogen-bond acceptors (Lipinski definition) is 2. The van der Waals surface area contributed by atoms with Crippen LogP contribution in [0.2, 0.25) is 0 Å². The summed E-state index contributed by atoms with van der Waals surface area (Å²) in [5.41, 5.74) is 2.59. The van der Waals surface area contributed by atoms with Gasteiger partial charge in [-0.1, -0.05) is 52.3 Å². The van der Waals surface area contributed by atoms with Crippen molar-refractivity contribution in [3.8, 4) is 5.75 Å². The van der Waals surface area contributed by atoms with Gasteiger partial charge >= 0.3 is 0 Å². The van der Waals surface area contributed by atoms with Crippen molar-refractivity contribution in [3.05, 3.63) is 94.2 Å². The fourth-order valence-electron chi connectivity index (χ4n) is 2.35. The summed E-state index contributed by atoms with van der Waals surface area (Å²) in [6.07, 6.45) is 0. The van der Waals surface area contributed by atoms with Crippen LogP contribution in [0, 0.1) is 5.82 Å². The molecule has 0 aliphatic carbocycles. The molecule has 1 N–H and O–H groups in total. The van der Waals surface area contributed by atoms with Crippen LogP contribution in [-0.2, 0) is 13.2 Å². The molecule has 2 nitrogen and oxygen atoms in total. The van der Waals surface area contributed by atoms with E-state index in [1.807, 2.05) is 48.5 Å². The Hall–Kier alpha value is -2.33. The van der Waals surface area contributed by atoms with Crippen molar-refractivity contribution in [1.82, 2.24) is 0 Å². The molecule has 24 heavy (non-hydrogen) atoms. The Balaban J connectivity index is 1.72. The average molecular weight is 386 g/mol. The van der Waals surface area contributed by atoms with E-state index >= 15 is 0 Å². The van der Waals surface area contributed by atoms with Crippen molar-refractivity contribution < 1.29 is 9.13 Å². The molecule has 4 heteroatoms. The monoisotopic (exact) mass is 385 g/mol. The minimum Gasteiger partial charge on any atom is -0.488 e. The van der Waals surface area contributed by atoms with E-state index in [2.05, 4.69) is 21.2 Å². The summed E-state index contributed by atoms with van der Waals surface area (Å²) in [6, 6.07) is 22.5. The van der Waals surface area contributed by atoms with Gasteiger partial charge in [0.1, 0.15) is 18.2 Å². The largest absolute Gasteiger partial charge is 0.488 e. The van der Waals surface area contributed by atoms with Crippen LogP contribution < -0.4 is 10.1 Å². The van der Waals surface area contributed by atoms with Crippen molar-refractivity contribution in [1.29, 1.82) is 0 Å². The molecule has 122 valence electrons. The van der Waals surface area contributed by atoms with Crippen molar-refractivity contribution in [2.45, 2.75) is 13.2 Å². The second kappa shape index (κ2) is 7.97. The maximum absolute atomic E-state index is 13.7. The third-order valence-corrected chi connectivity index (χ3v) is 4.11. The predicted octanol–water partition coefficient (Wildman–Crippen LogP) is 5.78. The lowest BCUT2D eigenvalue weighted by molar-refractivity contribution is 0.297. The average Bonchev–Trinajstić information content (AvgIpc) is 2.61. The highest BCUT2D eigenvalue weighted by atomic mass is 79.9. The van der Waals surface area contributed by atoms with Crippen LogP contribution in [0.15, 0.2) is 77.3 Å². The molecule has 3 rings (SSSR count). The van der Waals surface area contributed by atoms with E-state index in [0.717, 1.165) is 21.5 Å². The van der Waals surface area contributed by atoms with Crippen LogP contribution >= 0.6 is 15.9 Å². The summed E-state index contributed by atoms with van der Waals surface area (Å²) in [6.45, 7) is 0.822. The van der Waals surface area contributed by atoms with E-state index in [1.54, 1.807) is 18.2 Å². The Bertz CT molecular complexity index is 808. The Morgan fingerprint density at radius 2 is 1.62 bits per heavy atom. The van der Waals surface area contributed by atoms with Gasteiger partial charge in [-0.05, 0) is 36.4 Å². The number of para-hydroxylation sites is 1. The Morgan fingerprint density at radius 3 is 2.42 bits per heavy atom. The number of nitrogens with one attached hydrogen (secondary N) is 1. The van der Waals surface area contributed by atoms with Gasteiger partial charge in [0.2, 0.25) is 0 Å². The Kier molecular flexibility index (Phi) is 5.49. The second-order valence-corrected chi connectivity index (χ2v) is 6.27. The number of anilines is 1. The lowest BCUT2D eigenvalue weighted by Gasteiger charge is -2.14. The van der Waals surface area contributed by atoms with Crippen molar-refractivity contribution >= 4 is 21.6 Å². The lowest BCUT2D eigenvalue weighted by atomic mass is 10.2. The summed E-state index contributed by atoms with van der Waals surface area (Å²) in [5, 5.41) is 3.36. The normalized spacial score (nSPS) is 10.4. The first-order valence-corrected chi connectivity index (χ1v) is 8.45. The molecule has 0 heterocycles. The van der Waals surface area contributed by atoms with Crippen LogP contribution in [0.25, 0.3) is 0 Å². The highest BCUT2D eigenvalue weighted by Gasteiger charge is 2.07. The van der Waals surface area contributed by atoms with Crippen LogP contribution in [0.5, 0.6) is 5.75 Å². The van der Waals surface area contributed by atoms with Crippen molar-refractivity contribution in [2.75, 3.05) is 5.32 Å². The standard InChI is InChI=1S/C20H17BrFNO/c21-17-10-11-20(24-14-15-6-4-5-9-19(15)22)16(12-17)13-23-18-7-2-1-3-8-18/h1-12,23H,13-14H2. The molecule has 0 fully saturated rings. The summed E-state index contributed by atoms with van der Waals surface area (Å²) in [7, 11) is 0. The van der Waals surface area contributed by atoms with Crippen LogP contribution in [0.3, 0.4) is 0 Å². The molecule has 3 aromatic carbocycles. The van der Waals surface area contributed by atoms with Gasteiger partial charge in [-0.3, -0.25) is 0 Å². The minimum absolute atomic E-state index is 0.201. The number of halogens is 2. The van der Waals surface area contributed by atoms with Gasteiger partial charge in [0.15, 0.2) is 0 Å². The fourth-order valence-corrected chi connectivity index (χ4v) is 2.76. The number of hydrogen-bond donors (Lipinski definition) is 1. The molecular formula is C20H17BrFNO. The molecule has 0 atom stereocenters. The van der Waals surface area contributed by atoms with E-state index in [1.165, 1.54) is 6.07 Å². The van der Waals surface area contributed by atoms with E-state index in [-0.39, 0.29) is 12.4 Å². The molecule has 0 aromatic heterocycles. The van der Waals surface area contributed by atoms with Gasteiger partial charge in [-0.25, -0.2) is 4.39 Å². The van der Waals surface area contributed by atoms with Crippen LogP contribution in [0.4, 0.5) is 10.1 Å². The first-order valence-electron chi connectivity index (χ1n) is 7.66. The number of ether oxygens (including phenoxy) is 1. The van der Waals surface area contributed by atoms with Gasteiger partial charge in [0.05, 0.1) is 0 Å². The predicted molar refractivity (Wildman–Crippen MR) is 98.6 cm³/mol. The molecule has 0 spiro atoms. The van der Waals surface area contributed by atoms with Crippen LogP contribution in [-0.4, -0.2) is 0 Å². The van der Waals surface area contributed by atoms with E-state index in [0.29, 0.717) is 12.1 Å². The molecule has 0 saturated carbocycles. The van der Waals surface area contributed by atoms with E-state index in [9.17, 15) is 4.39 Å². The zero-order valence-electron chi connectivity index (χ0n) is 13.0. The van der Waals surface area contributed by atoms with Gasteiger partial charge < -0.3 is 10.1 Å². The highest BCUT2D eigenvalue weighted by Crippen LogP contribution is 2.25. The Labute approximate surface area is 149 Å². The summed E-state index contributed by atoms with van der Waals surface area (Å²) >= 11 is 3.49. The molecule has 0 bridgehead atoms. The third kappa shape index (κ3) is 4.36. The third-order valence-electron chi connectivity index (χ3n) is 3.62. The summed E-state index contributed by atoms with van der Waals surface area (Å²) in [5.74, 6) is 0.489. The Morgan fingerprint density at radius 1 is 0.875 bits per heavy atom. The quantitative estimate of drug-likeness (QED) is 0.580. The zero-order chi connectivity index (χ0) is 16.8. The van der Waals surface area contributed by atoms with Crippen molar-refractivity contribution in [2.24, 2.45) is 0 Å². The SMILES string of the molecule is Fc1ccccc1COc1ccc(Br)cc1CNc1ccccc1. The molecule has 0 aliphatic rings. The molecule has 0 unspecified atom stereocenters. The molecule has 0 radical (unpaired) electrons. The van der Waals surface area contributed by atoms with Gasteiger partial charge in [-0.2, -0.15) is 0 Å². The summed E-state index contributed by atoms with van der Waals surface area (Å²) < 4.78 is 20.6. The maximum atomic E-state index is 13.7. The van der Waals surface area contributed by atoms with Crippen LogP contribution in [0.1, 0.15) is 11.1 Å². The van der Waals surface area contributed by atoms with Gasteiger partial charge in [-0.15, -0.1) is 0 Å². The molecule has 0 amide bonds. The first kappa shape index (κ1) is 16.5.